The van der Waals surface area contributed by atoms with Gasteiger partial charge in [0.05, 0.1) is 19.2 Å². The van der Waals surface area contributed by atoms with Crippen LogP contribution >= 0.6 is 15.9 Å². The summed E-state index contributed by atoms with van der Waals surface area (Å²) in [6, 6.07) is 16.2. The van der Waals surface area contributed by atoms with Crippen LogP contribution in [0.3, 0.4) is 0 Å². The van der Waals surface area contributed by atoms with Gasteiger partial charge in [0, 0.05) is 17.1 Å². The number of ketones is 1. The fourth-order valence-corrected chi connectivity index (χ4v) is 5.24. The van der Waals surface area contributed by atoms with Gasteiger partial charge in [0.15, 0.2) is 11.4 Å². The molecule has 3 aromatic rings. The van der Waals surface area contributed by atoms with Crippen LogP contribution in [-0.4, -0.2) is 33.7 Å². The van der Waals surface area contributed by atoms with E-state index in [0.29, 0.717) is 11.1 Å². The molecule has 2 aromatic carbocycles. The summed E-state index contributed by atoms with van der Waals surface area (Å²) in [7, 11) is 2.91. The number of esters is 1. The Kier molecular flexibility index (Phi) is 4.36. The number of carbonyl (C=O) groups is 2. The Bertz CT molecular complexity index is 1190. The van der Waals surface area contributed by atoms with Gasteiger partial charge >= 0.3 is 5.97 Å². The molecule has 2 bridgehead atoms. The van der Waals surface area contributed by atoms with Gasteiger partial charge in [-0.15, -0.1) is 0 Å². The molecule has 1 fully saturated rings. The highest BCUT2D eigenvalue weighted by Crippen LogP contribution is 2.64. The topological polar surface area (TPSA) is 90.7 Å². The summed E-state index contributed by atoms with van der Waals surface area (Å²) in [6.07, 6.45) is 1.60. The summed E-state index contributed by atoms with van der Waals surface area (Å²) in [5.41, 5.74) is -2.59. The first-order valence-corrected chi connectivity index (χ1v) is 10.5. The van der Waals surface area contributed by atoms with Gasteiger partial charge in [-0.05, 0) is 17.7 Å². The van der Waals surface area contributed by atoms with E-state index in [0.717, 1.165) is 4.47 Å². The second-order valence-electron chi connectivity index (χ2n) is 7.84. The smallest absolute Gasteiger partial charge is 0.313 e. The van der Waals surface area contributed by atoms with Crippen molar-refractivity contribution < 1.29 is 24.2 Å². The van der Waals surface area contributed by atoms with Crippen LogP contribution in [0.4, 0.5) is 0 Å². The minimum atomic E-state index is -2.20. The summed E-state index contributed by atoms with van der Waals surface area (Å²) < 4.78 is 13.8. The van der Waals surface area contributed by atoms with Crippen LogP contribution in [-0.2, 0) is 32.6 Å². The average molecular weight is 483 g/mol. The molecule has 4 atom stereocenters. The number of aliphatic hydroxyl groups is 1. The maximum Gasteiger partial charge on any atom is 0.313 e. The van der Waals surface area contributed by atoms with Gasteiger partial charge in [-0.25, -0.2) is 0 Å². The molecule has 1 N–H and O–H groups in total. The van der Waals surface area contributed by atoms with Gasteiger partial charge in [0.1, 0.15) is 11.6 Å². The number of carbonyl (C=O) groups excluding carboxylic acids is 2. The predicted molar refractivity (Wildman–Crippen MR) is 113 cm³/mol. The van der Waals surface area contributed by atoms with Gasteiger partial charge in [-0.3, -0.25) is 14.3 Å². The Morgan fingerprint density at radius 1 is 1.19 bits per heavy atom. The summed E-state index contributed by atoms with van der Waals surface area (Å²) in [5.74, 6) is -3.14. The standard InChI is InChI=1S/C23H19BrN2O5/c1-26-12-16-19(25-26)22(29)18(20(27)30-2)17(13-6-4-3-5-7-13)23(31-16,21(22)28)14-8-10-15(24)11-9-14/h3-12,17-18,29H,1-2H3/t17?,18?,22-,23?/m1/s1. The van der Waals surface area contributed by atoms with Gasteiger partial charge in [0.25, 0.3) is 0 Å². The zero-order chi connectivity index (χ0) is 22.0. The van der Waals surface area contributed by atoms with E-state index in [9.17, 15) is 14.7 Å². The number of hydrogen-bond donors (Lipinski definition) is 1. The van der Waals surface area contributed by atoms with Crippen molar-refractivity contribution in [1.29, 1.82) is 0 Å². The van der Waals surface area contributed by atoms with Crippen LogP contribution in [0.2, 0.25) is 0 Å². The van der Waals surface area contributed by atoms with Crippen LogP contribution in [0.5, 0.6) is 5.75 Å². The maximum atomic E-state index is 14.1. The number of Topliss-reactive ketones (excluding diaryl/α,β-unsaturated/α-hetero) is 1. The van der Waals surface area contributed by atoms with Crippen molar-refractivity contribution in [3.63, 3.8) is 0 Å². The fourth-order valence-electron chi connectivity index (χ4n) is 4.97. The second-order valence-corrected chi connectivity index (χ2v) is 8.76. The lowest BCUT2D eigenvalue weighted by Gasteiger charge is -2.37. The molecule has 31 heavy (non-hydrogen) atoms. The Morgan fingerprint density at radius 3 is 2.52 bits per heavy atom. The minimum Gasteiger partial charge on any atom is -0.470 e. The Balaban J connectivity index is 1.88. The maximum absolute atomic E-state index is 14.1. The summed E-state index contributed by atoms with van der Waals surface area (Å²) in [5, 5.41) is 16.2. The van der Waals surface area contributed by atoms with Crippen LogP contribution in [0, 0.1) is 5.92 Å². The predicted octanol–water partition coefficient (Wildman–Crippen LogP) is 2.81. The molecule has 3 unspecified atom stereocenters. The molecule has 0 amide bonds. The highest BCUT2D eigenvalue weighted by Gasteiger charge is 2.77. The third kappa shape index (κ3) is 2.52. The van der Waals surface area contributed by atoms with Crippen LogP contribution in [0.25, 0.3) is 0 Å². The van der Waals surface area contributed by atoms with Crippen molar-refractivity contribution in [2.24, 2.45) is 13.0 Å². The summed E-state index contributed by atoms with van der Waals surface area (Å²) in [4.78, 5) is 27.2. The highest BCUT2D eigenvalue weighted by molar-refractivity contribution is 9.10. The van der Waals surface area contributed by atoms with Crippen molar-refractivity contribution in [2.75, 3.05) is 7.11 Å². The van der Waals surface area contributed by atoms with E-state index in [1.807, 2.05) is 30.3 Å². The number of aromatic nitrogens is 2. The SMILES string of the molecule is COC(=O)C1C(c2ccccc2)C2(c3ccc(Br)cc3)Oc3cn(C)nc3[C@@]1(O)C2=O. The number of hydrogen-bond acceptors (Lipinski definition) is 6. The highest BCUT2D eigenvalue weighted by atomic mass is 79.9. The Hall–Kier alpha value is -2.97. The zero-order valence-electron chi connectivity index (χ0n) is 16.8. The lowest BCUT2D eigenvalue weighted by atomic mass is 9.75. The van der Waals surface area contributed by atoms with Crippen molar-refractivity contribution in [1.82, 2.24) is 9.78 Å². The lowest BCUT2D eigenvalue weighted by Crippen LogP contribution is -2.51. The molecule has 8 heteroatoms. The first-order valence-electron chi connectivity index (χ1n) is 9.73. The second kappa shape index (κ2) is 6.77. The fraction of sp³-hybridized carbons (Fsp3) is 0.261. The van der Waals surface area contributed by atoms with E-state index >= 15 is 0 Å². The molecule has 2 heterocycles. The molecule has 7 nitrogen and oxygen atoms in total. The Labute approximate surface area is 186 Å². The molecule has 2 aliphatic rings. The molecule has 0 spiro atoms. The largest absolute Gasteiger partial charge is 0.470 e. The van der Waals surface area contributed by atoms with E-state index in [-0.39, 0.29) is 11.4 Å². The molecular formula is C23H19BrN2O5. The van der Waals surface area contributed by atoms with Gasteiger partial charge in [-0.2, -0.15) is 5.10 Å². The molecule has 158 valence electrons. The monoisotopic (exact) mass is 482 g/mol. The first kappa shape index (κ1) is 20.0. The van der Waals surface area contributed by atoms with Gasteiger partial charge in [-0.1, -0.05) is 58.4 Å². The normalized spacial score (nSPS) is 28.7. The molecule has 1 aliphatic heterocycles. The van der Waals surface area contributed by atoms with E-state index in [1.54, 1.807) is 37.5 Å². The number of aryl methyl sites for hydroxylation is 1. The number of ether oxygens (including phenoxy) is 2. The van der Waals surface area contributed by atoms with E-state index < -0.39 is 34.8 Å². The molecule has 1 aliphatic carbocycles. The van der Waals surface area contributed by atoms with Crippen molar-refractivity contribution in [2.45, 2.75) is 17.1 Å². The van der Waals surface area contributed by atoms with Gasteiger partial charge in [0.2, 0.25) is 11.4 Å². The number of halogens is 1. The average Bonchev–Trinajstić information content (AvgIpc) is 3.21. The van der Waals surface area contributed by atoms with Crippen LogP contribution in [0.1, 0.15) is 22.7 Å². The minimum absolute atomic E-state index is 0.0292. The number of nitrogens with zero attached hydrogens (tertiary/aromatic N) is 2. The van der Waals surface area contributed by atoms with Crippen molar-refractivity contribution in [3.8, 4) is 5.75 Å². The van der Waals surface area contributed by atoms with Crippen LogP contribution in [0.15, 0.2) is 65.3 Å². The third-order valence-electron chi connectivity index (χ3n) is 6.22. The van der Waals surface area contributed by atoms with Crippen molar-refractivity contribution in [3.05, 3.63) is 82.1 Å². The zero-order valence-corrected chi connectivity index (χ0v) is 18.4. The van der Waals surface area contributed by atoms with Crippen molar-refractivity contribution >= 4 is 27.7 Å². The number of rotatable bonds is 3. The number of fused-ring (bicyclic) bond motifs is 4. The summed E-state index contributed by atoms with van der Waals surface area (Å²) >= 11 is 3.42. The lowest BCUT2D eigenvalue weighted by molar-refractivity contribution is -0.163. The first-order chi connectivity index (χ1) is 14.8. The Morgan fingerprint density at radius 2 is 1.87 bits per heavy atom. The van der Waals surface area contributed by atoms with E-state index in [1.165, 1.54) is 11.8 Å². The molecular weight excluding hydrogens is 464 g/mol. The van der Waals surface area contributed by atoms with Gasteiger partial charge < -0.3 is 14.6 Å². The summed E-state index contributed by atoms with van der Waals surface area (Å²) in [6.45, 7) is 0. The quantitative estimate of drug-likeness (QED) is 0.577. The van der Waals surface area contributed by atoms with E-state index in [2.05, 4.69) is 21.0 Å². The molecule has 1 saturated carbocycles. The number of benzene rings is 2. The molecule has 1 aromatic heterocycles. The molecule has 0 radical (unpaired) electrons. The van der Waals surface area contributed by atoms with E-state index in [4.69, 9.17) is 9.47 Å². The number of methoxy groups -OCH3 is 1. The third-order valence-corrected chi connectivity index (χ3v) is 6.75. The molecule has 0 saturated heterocycles. The molecule has 5 rings (SSSR count). The van der Waals surface area contributed by atoms with Crippen LogP contribution < -0.4 is 4.74 Å².